The highest BCUT2D eigenvalue weighted by molar-refractivity contribution is 7.09. The molecule has 104 valence electrons. The molecule has 2 aromatic rings. The third kappa shape index (κ3) is 4.29. The average molecular weight is 281 g/mol. The molecule has 1 unspecified atom stereocenters. The van der Waals surface area contributed by atoms with Crippen LogP contribution in [-0.2, 0) is 17.6 Å². The number of anilines is 1. The highest BCUT2D eigenvalue weighted by atomic mass is 32.1. The maximum Gasteiger partial charge on any atom is 0.202 e. The lowest BCUT2D eigenvalue weighted by Crippen LogP contribution is -2.18. The molecular weight excluding hydrogens is 262 g/mol. The molecule has 0 aliphatic rings. The summed E-state index contributed by atoms with van der Waals surface area (Å²) < 4.78 is 9.29. The van der Waals surface area contributed by atoms with Crippen LogP contribution in [0.1, 0.15) is 24.1 Å². The number of hydrogen-bond donors (Lipinski definition) is 2. The first kappa shape index (κ1) is 14.0. The predicted octanol–water partition coefficient (Wildman–Crippen LogP) is 1.80. The summed E-state index contributed by atoms with van der Waals surface area (Å²) in [5.41, 5.74) is 2.14. The van der Waals surface area contributed by atoms with Crippen LogP contribution in [0, 0.1) is 6.92 Å². The van der Waals surface area contributed by atoms with Gasteiger partial charge in [0.1, 0.15) is 5.82 Å². The van der Waals surface area contributed by atoms with Crippen LogP contribution in [-0.4, -0.2) is 39.3 Å². The second kappa shape index (κ2) is 6.63. The van der Waals surface area contributed by atoms with Gasteiger partial charge in [-0.05, 0) is 19.9 Å². The minimum absolute atomic E-state index is 0.269. The number of aromatic nitrogens is 4. The summed E-state index contributed by atoms with van der Waals surface area (Å²) in [7, 11) is 1.68. The summed E-state index contributed by atoms with van der Waals surface area (Å²) in [6.45, 7) is 4.76. The van der Waals surface area contributed by atoms with Crippen LogP contribution in [0.5, 0.6) is 0 Å². The van der Waals surface area contributed by atoms with E-state index in [1.54, 1.807) is 7.11 Å². The largest absolute Gasteiger partial charge is 0.384 e. The van der Waals surface area contributed by atoms with Crippen molar-refractivity contribution in [2.75, 3.05) is 19.0 Å². The molecule has 0 saturated carbocycles. The molecule has 0 fully saturated rings. The van der Waals surface area contributed by atoms with Crippen LogP contribution in [0.4, 0.5) is 5.13 Å². The van der Waals surface area contributed by atoms with Gasteiger partial charge in [0, 0.05) is 43.2 Å². The molecule has 0 bridgehead atoms. The van der Waals surface area contributed by atoms with Crippen molar-refractivity contribution in [1.29, 1.82) is 0 Å². The van der Waals surface area contributed by atoms with Crippen molar-refractivity contribution in [3.8, 4) is 0 Å². The van der Waals surface area contributed by atoms with Crippen LogP contribution in [0.25, 0.3) is 0 Å². The van der Waals surface area contributed by atoms with E-state index in [4.69, 9.17) is 4.74 Å². The third-order valence-electron chi connectivity index (χ3n) is 2.64. The van der Waals surface area contributed by atoms with Crippen molar-refractivity contribution in [3.63, 3.8) is 0 Å². The van der Waals surface area contributed by atoms with Crippen molar-refractivity contribution in [2.45, 2.75) is 32.7 Å². The quantitative estimate of drug-likeness (QED) is 0.809. The molecule has 7 heteroatoms. The molecule has 2 rings (SSSR count). The molecule has 2 aromatic heterocycles. The Kier molecular flexibility index (Phi) is 4.86. The van der Waals surface area contributed by atoms with Gasteiger partial charge in [-0.25, -0.2) is 4.98 Å². The maximum absolute atomic E-state index is 5.01. The van der Waals surface area contributed by atoms with E-state index in [2.05, 4.69) is 37.9 Å². The number of aryl methyl sites for hydroxylation is 1. The van der Waals surface area contributed by atoms with E-state index in [9.17, 15) is 0 Å². The normalized spacial score (nSPS) is 12.6. The van der Waals surface area contributed by atoms with Crippen LogP contribution >= 0.6 is 11.5 Å². The number of H-pyrrole nitrogens is 1. The van der Waals surface area contributed by atoms with Gasteiger partial charge in [0.05, 0.1) is 12.3 Å². The first-order valence-electron chi connectivity index (χ1n) is 6.26. The van der Waals surface area contributed by atoms with Gasteiger partial charge in [0.25, 0.3) is 0 Å². The minimum Gasteiger partial charge on any atom is -0.384 e. The molecule has 0 aromatic carbocycles. The number of rotatable bonds is 7. The fourth-order valence-corrected chi connectivity index (χ4v) is 2.49. The van der Waals surface area contributed by atoms with E-state index in [1.807, 2.05) is 6.92 Å². The van der Waals surface area contributed by atoms with Gasteiger partial charge in [-0.1, -0.05) is 0 Å². The monoisotopic (exact) mass is 281 g/mol. The van der Waals surface area contributed by atoms with Crippen LogP contribution in [0.3, 0.4) is 0 Å². The fourth-order valence-electron chi connectivity index (χ4n) is 1.76. The molecule has 0 aliphatic carbocycles. The van der Waals surface area contributed by atoms with Gasteiger partial charge in [-0.3, -0.25) is 5.10 Å². The molecule has 0 amide bonds. The molecule has 0 saturated heterocycles. The van der Waals surface area contributed by atoms with Crippen molar-refractivity contribution in [3.05, 3.63) is 23.3 Å². The van der Waals surface area contributed by atoms with Crippen molar-refractivity contribution < 1.29 is 4.74 Å². The van der Waals surface area contributed by atoms with Crippen molar-refractivity contribution in [2.24, 2.45) is 0 Å². The molecule has 1 atom stereocenters. The Balaban J connectivity index is 1.84. The summed E-state index contributed by atoms with van der Waals surface area (Å²) >= 11 is 1.39. The Hall–Kier alpha value is -1.47. The van der Waals surface area contributed by atoms with Gasteiger partial charge < -0.3 is 10.1 Å². The van der Waals surface area contributed by atoms with Gasteiger partial charge in [0.2, 0.25) is 5.13 Å². The highest BCUT2D eigenvalue weighted by Crippen LogP contribution is 2.14. The Morgan fingerprint density at radius 2 is 2.37 bits per heavy atom. The summed E-state index contributed by atoms with van der Waals surface area (Å²) in [5, 5.41) is 11.4. The van der Waals surface area contributed by atoms with E-state index in [0.717, 1.165) is 35.2 Å². The smallest absolute Gasteiger partial charge is 0.202 e. The van der Waals surface area contributed by atoms with Crippen molar-refractivity contribution in [1.82, 2.24) is 19.6 Å². The standard InChI is InChI=1S/C12H19N5OS/c1-8(6-10-7-9(2)15-16-10)13-12-14-11(17-19-12)4-5-18-3/h7-8H,4-6H2,1-3H3,(H,15,16)(H,13,14,17). The second-order valence-electron chi connectivity index (χ2n) is 4.55. The number of ether oxygens (including phenoxy) is 1. The second-order valence-corrected chi connectivity index (χ2v) is 5.30. The van der Waals surface area contributed by atoms with Crippen LogP contribution in [0.2, 0.25) is 0 Å². The van der Waals surface area contributed by atoms with E-state index < -0.39 is 0 Å². The van der Waals surface area contributed by atoms with Gasteiger partial charge in [-0.15, -0.1) is 0 Å². The Labute approximate surface area is 116 Å². The zero-order valence-electron chi connectivity index (χ0n) is 11.4. The van der Waals surface area contributed by atoms with E-state index >= 15 is 0 Å². The van der Waals surface area contributed by atoms with Crippen molar-refractivity contribution >= 4 is 16.7 Å². The lowest BCUT2D eigenvalue weighted by Gasteiger charge is -2.10. The van der Waals surface area contributed by atoms with E-state index in [1.165, 1.54) is 11.5 Å². The van der Waals surface area contributed by atoms with Crippen LogP contribution in [0.15, 0.2) is 6.07 Å². The maximum atomic E-state index is 5.01. The third-order valence-corrected chi connectivity index (χ3v) is 3.33. The van der Waals surface area contributed by atoms with Gasteiger partial charge >= 0.3 is 0 Å². The minimum atomic E-state index is 0.269. The highest BCUT2D eigenvalue weighted by Gasteiger charge is 2.09. The lowest BCUT2D eigenvalue weighted by molar-refractivity contribution is 0.201. The Morgan fingerprint density at radius 3 is 3.05 bits per heavy atom. The molecule has 19 heavy (non-hydrogen) atoms. The number of hydrogen-bond acceptors (Lipinski definition) is 6. The SMILES string of the molecule is COCCc1nsc(NC(C)Cc2cc(C)[nH]n2)n1. The first-order chi connectivity index (χ1) is 9.17. The topological polar surface area (TPSA) is 75.7 Å². The number of aromatic amines is 1. The first-order valence-corrected chi connectivity index (χ1v) is 7.03. The fraction of sp³-hybridized carbons (Fsp3) is 0.583. The average Bonchev–Trinajstić information content (AvgIpc) is 2.96. The zero-order valence-corrected chi connectivity index (χ0v) is 12.3. The molecule has 6 nitrogen and oxygen atoms in total. The summed E-state index contributed by atoms with van der Waals surface area (Å²) in [4.78, 5) is 4.42. The molecule has 2 N–H and O–H groups in total. The molecule has 2 heterocycles. The molecule has 0 radical (unpaired) electrons. The predicted molar refractivity (Wildman–Crippen MR) is 75.6 cm³/mol. The number of nitrogens with zero attached hydrogens (tertiary/aromatic N) is 3. The number of methoxy groups -OCH3 is 1. The van der Waals surface area contributed by atoms with Gasteiger partial charge in [0.15, 0.2) is 0 Å². The molecule has 0 aliphatic heterocycles. The van der Waals surface area contributed by atoms with Gasteiger partial charge in [-0.2, -0.15) is 9.47 Å². The van der Waals surface area contributed by atoms with E-state index in [0.29, 0.717) is 6.61 Å². The Bertz CT molecular complexity index is 510. The summed E-state index contributed by atoms with van der Waals surface area (Å²) in [6.07, 6.45) is 1.61. The van der Waals surface area contributed by atoms with Crippen LogP contribution < -0.4 is 5.32 Å². The Morgan fingerprint density at radius 1 is 1.53 bits per heavy atom. The van der Waals surface area contributed by atoms with E-state index in [-0.39, 0.29) is 6.04 Å². The summed E-state index contributed by atoms with van der Waals surface area (Å²) in [6, 6.07) is 2.33. The lowest BCUT2D eigenvalue weighted by atomic mass is 10.2. The molecule has 0 spiro atoms. The number of nitrogens with one attached hydrogen (secondary N) is 2. The summed E-state index contributed by atoms with van der Waals surface area (Å²) in [5.74, 6) is 0.831. The zero-order chi connectivity index (χ0) is 13.7. The molecular formula is C12H19N5OS.